The first-order valence-electron chi connectivity index (χ1n) is 8.43. The third-order valence-corrected chi connectivity index (χ3v) is 6.08. The van der Waals surface area contributed by atoms with Crippen molar-refractivity contribution in [2.24, 2.45) is 0 Å². The maximum Gasteiger partial charge on any atom is 0.253 e. The van der Waals surface area contributed by atoms with Crippen molar-refractivity contribution in [3.63, 3.8) is 0 Å². The van der Waals surface area contributed by atoms with E-state index in [1.165, 1.54) is 17.7 Å². The second kappa shape index (κ2) is 7.65. The summed E-state index contributed by atoms with van der Waals surface area (Å²) in [6.45, 7) is 3.80. The molecule has 1 amide bonds. The summed E-state index contributed by atoms with van der Waals surface area (Å²) in [4.78, 5) is 21.4. The Hall–Kier alpha value is -2.09. The van der Waals surface area contributed by atoms with Gasteiger partial charge in [0.2, 0.25) is 0 Å². The van der Waals surface area contributed by atoms with Crippen LogP contribution < -0.4 is 0 Å². The minimum Gasteiger partial charge on any atom is -0.336 e. The number of carbonyl (C=O) groups excluding carboxylic acids is 1. The molecule has 7 heteroatoms. The summed E-state index contributed by atoms with van der Waals surface area (Å²) in [6.07, 6.45) is 0. The molecule has 0 bridgehead atoms. The van der Waals surface area contributed by atoms with Crippen LogP contribution in [0, 0.1) is 5.82 Å². The van der Waals surface area contributed by atoms with Crippen LogP contribution in [0.15, 0.2) is 46.5 Å². The van der Waals surface area contributed by atoms with E-state index in [1.54, 1.807) is 34.8 Å². The highest BCUT2D eigenvalue weighted by Gasteiger charge is 2.22. The molecule has 4 nitrogen and oxygen atoms in total. The highest BCUT2D eigenvalue weighted by molar-refractivity contribution is 7.14. The predicted octanol–water partition coefficient (Wildman–Crippen LogP) is 3.97. The van der Waals surface area contributed by atoms with Crippen LogP contribution in [-0.2, 0) is 6.54 Å². The average molecular weight is 388 g/mol. The summed E-state index contributed by atoms with van der Waals surface area (Å²) < 4.78 is 13.0. The lowest BCUT2D eigenvalue weighted by molar-refractivity contribution is 0.0627. The van der Waals surface area contributed by atoms with Crippen molar-refractivity contribution < 1.29 is 9.18 Å². The van der Waals surface area contributed by atoms with Crippen molar-refractivity contribution in [2.75, 3.05) is 26.2 Å². The van der Waals surface area contributed by atoms with Crippen LogP contribution in [0.3, 0.4) is 0 Å². The SMILES string of the molecule is O=C(c1ccc(F)cc1)N1CCN(Cc2csc(-c3ccsc3)n2)CC1. The highest BCUT2D eigenvalue weighted by atomic mass is 32.1. The molecule has 0 aliphatic carbocycles. The molecule has 4 rings (SSSR count). The molecule has 0 N–H and O–H groups in total. The molecule has 2 aromatic heterocycles. The van der Waals surface area contributed by atoms with E-state index in [0.29, 0.717) is 18.7 Å². The number of nitrogens with zero attached hydrogens (tertiary/aromatic N) is 3. The second-order valence-electron chi connectivity index (χ2n) is 6.23. The predicted molar refractivity (Wildman–Crippen MR) is 103 cm³/mol. The summed E-state index contributed by atoms with van der Waals surface area (Å²) in [6, 6.07) is 7.84. The molecular weight excluding hydrogens is 369 g/mol. The van der Waals surface area contributed by atoms with Gasteiger partial charge in [-0.15, -0.1) is 11.3 Å². The van der Waals surface area contributed by atoms with Gasteiger partial charge in [-0.3, -0.25) is 9.69 Å². The van der Waals surface area contributed by atoms with Gasteiger partial charge in [0.1, 0.15) is 10.8 Å². The van der Waals surface area contributed by atoms with E-state index in [1.807, 2.05) is 4.90 Å². The van der Waals surface area contributed by atoms with Crippen LogP contribution in [0.2, 0.25) is 0 Å². The minimum atomic E-state index is -0.323. The minimum absolute atomic E-state index is 0.0296. The zero-order chi connectivity index (χ0) is 17.9. The Morgan fingerprint density at radius 3 is 2.54 bits per heavy atom. The number of benzene rings is 1. The molecule has 1 aliphatic heterocycles. The lowest BCUT2D eigenvalue weighted by Crippen LogP contribution is -2.48. The molecule has 26 heavy (non-hydrogen) atoms. The molecule has 1 aliphatic rings. The van der Waals surface area contributed by atoms with E-state index in [4.69, 9.17) is 4.98 Å². The maximum absolute atomic E-state index is 13.0. The standard InChI is InChI=1S/C19H18FN3OS2/c20-16-3-1-14(2-4-16)19(24)23-8-6-22(7-9-23)11-17-13-26-18(21-17)15-5-10-25-12-15/h1-5,10,12-13H,6-9,11H2. The molecule has 0 spiro atoms. The summed E-state index contributed by atoms with van der Waals surface area (Å²) in [7, 11) is 0. The van der Waals surface area contributed by atoms with Crippen LogP contribution in [0.4, 0.5) is 4.39 Å². The van der Waals surface area contributed by atoms with Gasteiger partial charge in [-0.05, 0) is 35.7 Å². The number of halogens is 1. The molecule has 0 atom stereocenters. The van der Waals surface area contributed by atoms with Gasteiger partial charge in [0.05, 0.1) is 5.69 Å². The molecule has 1 aromatic carbocycles. The fraction of sp³-hybridized carbons (Fsp3) is 0.263. The largest absolute Gasteiger partial charge is 0.336 e. The van der Waals surface area contributed by atoms with Crippen LogP contribution in [-0.4, -0.2) is 46.9 Å². The first-order chi connectivity index (χ1) is 12.7. The maximum atomic E-state index is 13.0. The van der Waals surface area contributed by atoms with Gasteiger partial charge in [0.25, 0.3) is 5.91 Å². The second-order valence-corrected chi connectivity index (χ2v) is 7.87. The number of amides is 1. The summed E-state index contributed by atoms with van der Waals surface area (Å²) >= 11 is 3.35. The number of hydrogen-bond donors (Lipinski definition) is 0. The number of thiazole rings is 1. The fourth-order valence-electron chi connectivity index (χ4n) is 3.01. The molecule has 0 unspecified atom stereocenters. The van der Waals surface area contributed by atoms with Crippen LogP contribution in [0.25, 0.3) is 10.6 Å². The quantitative estimate of drug-likeness (QED) is 0.680. The number of piperazine rings is 1. The van der Waals surface area contributed by atoms with Crippen LogP contribution in [0.1, 0.15) is 16.1 Å². The Balaban J connectivity index is 1.32. The van der Waals surface area contributed by atoms with Crippen LogP contribution in [0.5, 0.6) is 0 Å². The van der Waals surface area contributed by atoms with Crippen molar-refractivity contribution in [3.05, 3.63) is 63.5 Å². The van der Waals surface area contributed by atoms with E-state index in [0.717, 1.165) is 30.3 Å². The van der Waals surface area contributed by atoms with Crippen molar-refractivity contribution in [3.8, 4) is 10.6 Å². The Kier molecular flexibility index (Phi) is 5.10. The molecule has 3 heterocycles. The first-order valence-corrected chi connectivity index (χ1v) is 10.3. The first kappa shape index (κ1) is 17.3. The Bertz CT molecular complexity index is 869. The molecule has 1 saturated heterocycles. The lowest BCUT2D eigenvalue weighted by atomic mass is 10.1. The molecule has 0 radical (unpaired) electrons. The van der Waals surface area contributed by atoms with Gasteiger partial charge < -0.3 is 4.90 Å². The summed E-state index contributed by atoms with van der Waals surface area (Å²) in [5, 5.41) is 7.35. The van der Waals surface area contributed by atoms with Crippen LogP contribution >= 0.6 is 22.7 Å². The van der Waals surface area contributed by atoms with Gasteiger partial charge in [-0.25, -0.2) is 9.37 Å². The number of rotatable bonds is 4. The molecule has 0 saturated carbocycles. The van der Waals surface area contributed by atoms with Crippen molar-refractivity contribution in [1.29, 1.82) is 0 Å². The zero-order valence-corrected chi connectivity index (χ0v) is 15.7. The van der Waals surface area contributed by atoms with Crippen molar-refractivity contribution >= 4 is 28.6 Å². The third kappa shape index (κ3) is 3.85. The van der Waals surface area contributed by atoms with Gasteiger partial charge >= 0.3 is 0 Å². The molecule has 134 valence electrons. The lowest BCUT2D eigenvalue weighted by Gasteiger charge is -2.34. The van der Waals surface area contributed by atoms with E-state index < -0.39 is 0 Å². The molecule has 3 aromatic rings. The van der Waals surface area contributed by atoms with E-state index in [9.17, 15) is 9.18 Å². The Morgan fingerprint density at radius 2 is 1.85 bits per heavy atom. The Labute approximate surface area is 159 Å². The molecule has 1 fully saturated rings. The van der Waals surface area contributed by atoms with Gasteiger partial charge in [0, 0.05) is 54.6 Å². The van der Waals surface area contributed by atoms with Crippen molar-refractivity contribution in [1.82, 2.24) is 14.8 Å². The van der Waals surface area contributed by atoms with E-state index in [2.05, 4.69) is 27.1 Å². The van der Waals surface area contributed by atoms with E-state index >= 15 is 0 Å². The fourth-order valence-corrected chi connectivity index (χ4v) is 4.53. The summed E-state index contributed by atoms with van der Waals surface area (Å²) in [5.74, 6) is -0.352. The Morgan fingerprint density at radius 1 is 1.08 bits per heavy atom. The number of aromatic nitrogens is 1. The molecular formula is C19H18FN3OS2. The average Bonchev–Trinajstić information content (AvgIpc) is 3.34. The van der Waals surface area contributed by atoms with Gasteiger partial charge in [-0.2, -0.15) is 11.3 Å². The third-order valence-electron chi connectivity index (χ3n) is 4.46. The number of carbonyl (C=O) groups is 1. The zero-order valence-electron chi connectivity index (χ0n) is 14.1. The smallest absolute Gasteiger partial charge is 0.253 e. The summed E-state index contributed by atoms with van der Waals surface area (Å²) in [5.41, 5.74) is 2.80. The van der Waals surface area contributed by atoms with E-state index in [-0.39, 0.29) is 11.7 Å². The highest BCUT2D eigenvalue weighted by Crippen LogP contribution is 2.26. The monoisotopic (exact) mass is 387 g/mol. The topological polar surface area (TPSA) is 36.4 Å². The van der Waals surface area contributed by atoms with Gasteiger partial charge in [-0.1, -0.05) is 0 Å². The van der Waals surface area contributed by atoms with Crippen molar-refractivity contribution in [2.45, 2.75) is 6.54 Å². The number of hydrogen-bond acceptors (Lipinski definition) is 5. The normalized spacial score (nSPS) is 15.3. The van der Waals surface area contributed by atoms with Gasteiger partial charge in [0.15, 0.2) is 0 Å². The number of thiophene rings is 1.